The summed E-state index contributed by atoms with van der Waals surface area (Å²) in [5, 5.41) is 7.73. The molecule has 0 saturated heterocycles. The first-order valence-corrected chi connectivity index (χ1v) is 5.84. The van der Waals surface area contributed by atoms with Crippen molar-refractivity contribution in [1.82, 2.24) is 4.90 Å². The van der Waals surface area contributed by atoms with Crippen molar-refractivity contribution in [2.45, 2.75) is 18.7 Å². The average molecular weight is 262 g/mol. The number of nitrogens with zero attached hydrogens (tertiary/aromatic N) is 1. The Labute approximate surface area is 101 Å². The zero-order chi connectivity index (χ0) is 11.6. The molecule has 0 rings (SSSR count). The molecule has 0 atom stereocenters. The van der Waals surface area contributed by atoms with Gasteiger partial charge < -0.3 is 10.0 Å². The van der Waals surface area contributed by atoms with E-state index in [1.54, 1.807) is 0 Å². The number of halogens is 2. The minimum Gasteiger partial charge on any atom is -0.479 e. The number of carboxylic acids is 1. The van der Waals surface area contributed by atoms with Gasteiger partial charge in [0.15, 0.2) is 0 Å². The second-order valence-corrected chi connectivity index (χ2v) is 3.93. The number of hydrogen-bond acceptors (Lipinski definition) is 3. The molecule has 14 heavy (non-hydrogen) atoms. The first-order valence-electron chi connectivity index (χ1n) is 4.33. The minimum atomic E-state index is -1.29. The molecule has 0 unspecified atom stereocenters. The van der Waals surface area contributed by atoms with Crippen LogP contribution in [0.2, 0.25) is 0 Å². The van der Waals surface area contributed by atoms with E-state index in [2.05, 4.69) is 31.4 Å². The lowest BCUT2D eigenvalue weighted by Gasteiger charge is -2.15. The van der Waals surface area contributed by atoms with Crippen LogP contribution in [0, 0.1) is 0 Å². The topological polar surface area (TPSA) is 40.5 Å². The van der Waals surface area contributed by atoms with Gasteiger partial charge in [0.1, 0.15) is 0 Å². The third kappa shape index (κ3) is 12.4. The van der Waals surface area contributed by atoms with Crippen molar-refractivity contribution in [1.29, 1.82) is 0 Å². The van der Waals surface area contributed by atoms with Crippen LogP contribution in [-0.2, 0) is 4.79 Å². The largest absolute Gasteiger partial charge is 0.479 e. The van der Waals surface area contributed by atoms with Crippen LogP contribution in [0.3, 0.4) is 0 Å². The van der Waals surface area contributed by atoms with E-state index in [1.807, 2.05) is 0 Å². The summed E-state index contributed by atoms with van der Waals surface area (Å²) in [6.07, 6.45) is 0. The maximum Gasteiger partial charge on any atom is 0.337 e. The molecule has 1 N–H and O–H groups in total. The van der Waals surface area contributed by atoms with Gasteiger partial charge in [-0.3, -0.25) is 0 Å². The van der Waals surface area contributed by atoms with E-state index in [-0.39, 0.29) is 0 Å². The van der Waals surface area contributed by atoms with Crippen LogP contribution >= 0.6 is 35.8 Å². The van der Waals surface area contributed by atoms with Crippen molar-refractivity contribution in [3.05, 3.63) is 0 Å². The van der Waals surface area contributed by atoms with Gasteiger partial charge in [0.05, 0.1) is 0 Å². The van der Waals surface area contributed by atoms with E-state index in [9.17, 15) is 4.79 Å². The Bertz CT molecular complexity index is 143. The number of carbonyl (C=O) groups is 1. The number of thiol groups is 1. The Morgan fingerprint density at radius 1 is 1.43 bits per heavy atom. The highest BCUT2D eigenvalue weighted by Gasteiger charge is 2.05. The van der Waals surface area contributed by atoms with Crippen molar-refractivity contribution < 1.29 is 9.90 Å². The molecular formula is C8H17Cl2NO2S. The van der Waals surface area contributed by atoms with Crippen LogP contribution in [-0.4, -0.2) is 46.2 Å². The number of rotatable bonds is 5. The van der Waals surface area contributed by atoms with Crippen molar-refractivity contribution in [2.24, 2.45) is 0 Å². The maximum absolute atomic E-state index is 9.44. The minimum absolute atomic E-state index is 0.974. The first-order chi connectivity index (χ1) is 6.49. The lowest BCUT2D eigenvalue weighted by molar-refractivity contribution is -0.135. The molecule has 0 bridgehead atoms. The van der Waals surface area contributed by atoms with Gasteiger partial charge in [0.25, 0.3) is 0 Å². The first kappa shape index (κ1) is 16.8. The molecule has 0 aliphatic rings. The van der Waals surface area contributed by atoms with Crippen LogP contribution in [0.15, 0.2) is 0 Å². The summed E-state index contributed by atoms with van der Waals surface area (Å²) in [6.45, 7) is 7.77. The molecule has 0 aliphatic heterocycles. The molecule has 6 heteroatoms. The van der Waals surface area contributed by atoms with Crippen molar-refractivity contribution in [3.8, 4) is 0 Å². The molecule has 0 fully saturated rings. The quantitative estimate of drug-likeness (QED) is 0.589. The van der Waals surface area contributed by atoms with Gasteiger partial charge in [-0.25, -0.2) is 4.79 Å². The van der Waals surface area contributed by atoms with Gasteiger partial charge >= 0.3 is 5.97 Å². The predicted molar refractivity (Wildman–Crippen MR) is 64.8 cm³/mol. The molecule has 0 aromatic rings. The Morgan fingerprint density at radius 2 is 1.79 bits per heavy atom. The summed E-state index contributed by atoms with van der Waals surface area (Å²) >= 11 is 13.7. The van der Waals surface area contributed by atoms with Crippen LogP contribution in [0.1, 0.15) is 13.8 Å². The molecule has 0 radical (unpaired) electrons. The average Bonchev–Trinajstić information content (AvgIpc) is 2.15. The van der Waals surface area contributed by atoms with E-state index < -0.39 is 10.8 Å². The van der Waals surface area contributed by atoms with Crippen molar-refractivity contribution in [3.63, 3.8) is 0 Å². The van der Waals surface area contributed by atoms with Crippen LogP contribution < -0.4 is 0 Å². The highest BCUT2D eigenvalue weighted by atomic mass is 35.5. The summed E-state index contributed by atoms with van der Waals surface area (Å²) in [5.74, 6) is -0.236. The molecule has 0 spiro atoms. The van der Waals surface area contributed by atoms with Crippen LogP contribution in [0.4, 0.5) is 0 Å². The van der Waals surface area contributed by atoms with Gasteiger partial charge in [0.2, 0.25) is 4.84 Å². The third-order valence-electron chi connectivity index (χ3n) is 1.50. The zero-order valence-electron chi connectivity index (χ0n) is 8.41. The lowest BCUT2D eigenvalue weighted by Crippen LogP contribution is -2.24. The van der Waals surface area contributed by atoms with E-state index in [0.29, 0.717) is 0 Å². The number of hydrogen-bond donors (Lipinski definition) is 2. The van der Waals surface area contributed by atoms with Gasteiger partial charge in [-0.15, -0.1) is 0 Å². The van der Waals surface area contributed by atoms with Crippen LogP contribution in [0.25, 0.3) is 0 Å². The van der Waals surface area contributed by atoms with E-state index in [1.165, 1.54) is 0 Å². The molecule has 0 aromatic carbocycles. The standard InChI is InChI=1S/C6H15NS.C2H2Cl2O2/c1-3-7(4-2)5-6-8;3-1(4)2(5)6/h8H,3-6H2,1-2H3;1H,(H,5,6). The SMILES string of the molecule is CCN(CC)CCS.O=C(O)C(Cl)Cl. The normalized spacial score (nSPS) is 9.93. The summed E-state index contributed by atoms with van der Waals surface area (Å²) in [4.78, 5) is 10.5. The smallest absolute Gasteiger partial charge is 0.337 e. The number of alkyl halides is 2. The Morgan fingerprint density at radius 3 is 1.86 bits per heavy atom. The second kappa shape index (κ2) is 11.4. The fourth-order valence-electron chi connectivity index (χ4n) is 0.681. The second-order valence-electron chi connectivity index (χ2n) is 2.39. The maximum atomic E-state index is 9.44. The highest BCUT2D eigenvalue weighted by Crippen LogP contribution is 1.98. The molecule has 0 amide bonds. The highest BCUT2D eigenvalue weighted by molar-refractivity contribution is 7.80. The molecule has 0 aliphatic carbocycles. The fourth-order valence-corrected chi connectivity index (χ4v) is 0.964. The van der Waals surface area contributed by atoms with Crippen LogP contribution in [0.5, 0.6) is 0 Å². The van der Waals surface area contributed by atoms with Gasteiger partial charge in [-0.1, -0.05) is 37.0 Å². The fraction of sp³-hybridized carbons (Fsp3) is 0.875. The van der Waals surface area contributed by atoms with Crippen molar-refractivity contribution >= 4 is 41.8 Å². The van der Waals surface area contributed by atoms with E-state index >= 15 is 0 Å². The molecule has 86 valence electrons. The Kier molecular flexibility index (Phi) is 13.7. The van der Waals surface area contributed by atoms with Gasteiger partial charge in [0, 0.05) is 12.3 Å². The molecule has 0 aromatic heterocycles. The van der Waals surface area contributed by atoms with E-state index in [0.717, 1.165) is 25.4 Å². The molecule has 0 saturated carbocycles. The van der Waals surface area contributed by atoms with Gasteiger partial charge in [-0.2, -0.15) is 12.6 Å². The molecule has 3 nitrogen and oxygen atoms in total. The Balaban J connectivity index is 0. The summed E-state index contributed by atoms with van der Waals surface area (Å²) in [6, 6.07) is 0. The zero-order valence-corrected chi connectivity index (χ0v) is 10.8. The molecular weight excluding hydrogens is 245 g/mol. The summed E-state index contributed by atoms with van der Waals surface area (Å²) in [5.41, 5.74) is 0. The van der Waals surface area contributed by atoms with E-state index in [4.69, 9.17) is 28.3 Å². The third-order valence-corrected chi connectivity index (χ3v) is 2.07. The van der Waals surface area contributed by atoms with Crippen molar-refractivity contribution in [2.75, 3.05) is 25.4 Å². The lowest BCUT2D eigenvalue weighted by atomic mass is 10.5. The van der Waals surface area contributed by atoms with Gasteiger partial charge in [-0.05, 0) is 13.1 Å². The predicted octanol–water partition coefficient (Wildman–Crippen LogP) is 2.13. The molecule has 0 heterocycles. The number of aliphatic carboxylic acids is 1. The Hall–Kier alpha value is 0.360. The summed E-state index contributed by atoms with van der Waals surface area (Å²) < 4.78 is 0. The monoisotopic (exact) mass is 261 g/mol. The number of carboxylic acid groups (broad SMARTS) is 1. The summed E-state index contributed by atoms with van der Waals surface area (Å²) in [7, 11) is 0.